The molecule has 1 aliphatic heterocycles. The summed E-state index contributed by atoms with van der Waals surface area (Å²) in [5.41, 5.74) is 10.9. The summed E-state index contributed by atoms with van der Waals surface area (Å²) in [5.74, 6) is 0.0124. The first-order valence-corrected chi connectivity index (χ1v) is 11.0. The van der Waals surface area contributed by atoms with Crippen molar-refractivity contribution < 1.29 is 4.79 Å². The topological polar surface area (TPSA) is 67.4 Å². The zero-order valence-electron chi connectivity index (χ0n) is 16.2. The Kier molecular flexibility index (Phi) is 4.61. The summed E-state index contributed by atoms with van der Waals surface area (Å²) < 4.78 is 1.84. The average Bonchev–Trinajstić information content (AvgIpc) is 3.32. The molecule has 1 saturated heterocycles. The number of benzene rings is 1. The molecule has 2 aliphatic rings. The lowest BCUT2D eigenvalue weighted by molar-refractivity contribution is 0.0656. The fraction of sp³-hybridized carbons (Fsp3) is 0.333. The summed E-state index contributed by atoms with van der Waals surface area (Å²) in [7, 11) is 2.08. The Hall–Kier alpha value is -2.35. The fourth-order valence-corrected chi connectivity index (χ4v) is 5.30. The molecule has 1 amide bonds. The van der Waals surface area contributed by atoms with Crippen LogP contribution in [0.1, 0.15) is 20.9 Å². The van der Waals surface area contributed by atoms with Gasteiger partial charge in [-0.2, -0.15) is 5.10 Å². The van der Waals surface area contributed by atoms with Crippen LogP contribution < -0.4 is 5.73 Å². The molecule has 3 heterocycles. The van der Waals surface area contributed by atoms with E-state index in [0.29, 0.717) is 16.4 Å². The zero-order valence-corrected chi connectivity index (χ0v) is 17.8. The molecule has 5 rings (SSSR count). The molecule has 0 atom stereocenters. The number of rotatable bonds is 2. The molecule has 1 aromatic carbocycles. The van der Waals surface area contributed by atoms with Gasteiger partial charge in [-0.15, -0.1) is 11.3 Å². The molecule has 0 radical (unpaired) electrons. The summed E-state index contributed by atoms with van der Waals surface area (Å²) in [6.45, 7) is 3.22. The Morgan fingerprint density at radius 3 is 2.72 bits per heavy atom. The van der Waals surface area contributed by atoms with Gasteiger partial charge in [-0.05, 0) is 49.5 Å². The van der Waals surface area contributed by atoms with Crippen molar-refractivity contribution in [2.45, 2.75) is 12.8 Å². The van der Waals surface area contributed by atoms with Crippen molar-refractivity contribution in [3.8, 4) is 16.9 Å². The van der Waals surface area contributed by atoms with Crippen LogP contribution in [0.3, 0.4) is 0 Å². The van der Waals surface area contributed by atoms with E-state index in [1.807, 2.05) is 21.7 Å². The molecule has 150 valence electrons. The zero-order chi connectivity index (χ0) is 20.1. The number of aromatic nitrogens is 2. The van der Waals surface area contributed by atoms with E-state index in [2.05, 4.69) is 23.4 Å². The number of likely N-dealkylation sites (N-methyl/N-ethyl adjacent to an activating group) is 1. The molecular formula is C21H22ClN5OS. The van der Waals surface area contributed by atoms with Crippen LogP contribution in [0, 0.1) is 0 Å². The minimum atomic E-state index is 0.0124. The van der Waals surface area contributed by atoms with E-state index in [1.54, 1.807) is 17.4 Å². The highest BCUT2D eigenvalue weighted by molar-refractivity contribution is 7.10. The number of nitrogens with two attached hydrogens (primary N) is 1. The Labute approximate surface area is 178 Å². The molecule has 0 spiro atoms. The number of hydrogen-bond acceptors (Lipinski definition) is 5. The number of carbonyl (C=O) groups excluding carboxylic acids is 1. The second-order valence-electron chi connectivity index (χ2n) is 7.65. The largest absolute Gasteiger partial charge is 0.399 e. The lowest BCUT2D eigenvalue weighted by atomic mass is 9.94. The Morgan fingerprint density at radius 1 is 1.17 bits per heavy atom. The molecule has 1 fully saturated rings. The van der Waals surface area contributed by atoms with Gasteiger partial charge in [0, 0.05) is 47.9 Å². The monoisotopic (exact) mass is 427 g/mol. The molecule has 0 bridgehead atoms. The maximum Gasteiger partial charge on any atom is 0.274 e. The van der Waals surface area contributed by atoms with E-state index in [0.717, 1.165) is 61.5 Å². The lowest BCUT2D eigenvalue weighted by Crippen LogP contribution is -2.47. The van der Waals surface area contributed by atoms with Gasteiger partial charge in [-0.3, -0.25) is 4.79 Å². The molecule has 8 heteroatoms. The number of carbonyl (C=O) groups is 1. The van der Waals surface area contributed by atoms with E-state index in [4.69, 9.17) is 22.4 Å². The number of piperazine rings is 1. The van der Waals surface area contributed by atoms with E-state index >= 15 is 0 Å². The number of halogens is 1. The minimum absolute atomic E-state index is 0.0124. The number of anilines is 1. The van der Waals surface area contributed by atoms with Crippen LogP contribution in [-0.2, 0) is 12.8 Å². The highest BCUT2D eigenvalue weighted by Crippen LogP contribution is 2.40. The van der Waals surface area contributed by atoms with Crippen molar-refractivity contribution in [1.82, 2.24) is 19.6 Å². The molecule has 0 unspecified atom stereocenters. The summed E-state index contributed by atoms with van der Waals surface area (Å²) in [4.78, 5) is 18.9. The van der Waals surface area contributed by atoms with Gasteiger partial charge in [0.25, 0.3) is 5.91 Å². The third kappa shape index (κ3) is 3.13. The van der Waals surface area contributed by atoms with Gasteiger partial charge < -0.3 is 15.5 Å². The van der Waals surface area contributed by atoms with Crippen molar-refractivity contribution in [3.05, 3.63) is 50.8 Å². The van der Waals surface area contributed by atoms with Gasteiger partial charge >= 0.3 is 0 Å². The van der Waals surface area contributed by atoms with Crippen LogP contribution in [0.5, 0.6) is 0 Å². The van der Waals surface area contributed by atoms with Gasteiger partial charge in [-0.1, -0.05) is 11.6 Å². The first-order chi connectivity index (χ1) is 14.0. The van der Waals surface area contributed by atoms with Crippen molar-refractivity contribution in [1.29, 1.82) is 0 Å². The summed E-state index contributed by atoms with van der Waals surface area (Å²) in [5, 5.41) is 7.44. The standard InChI is InChI=1S/C21H22ClN5OS/c1-25-7-9-26(10-8-25)21(28)19-15-3-5-18-14(6-11-29-18)20(15)27(24-19)17-4-2-13(23)12-16(17)22/h2,4,6,11-12H,3,5,7-10,23H2,1H3. The maximum absolute atomic E-state index is 13.4. The Bertz CT molecular complexity index is 1100. The fourth-order valence-electron chi connectivity index (χ4n) is 4.15. The smallest absolute Gasteiger partial charge is 0.274 e. The predicted octanol–water partition coefficient (Wildman–Crippen LogP) is 3.32. The van der Waals surface area contributed by atoms with E-state index in [9.17, 15) is 4.79 Å². The molecule has 29 heavy (non-hydrogen) atoms. The molecule has 2 aromatic heterocycles. The van der Waals surface area contributed by atoms with Gasteiger partial charge in [0.2, 0.25) is 0 Å². The van der Waals surface area contributed by atoms with Gasteiger partial charge in [-0.25, -0.2) is 4.68 Å². The van der Waals surface area contributed by atoms with Crippen molar-refractivity contribution >= 4 is 34.5 Å². The van der Waals surface area contributed by atoms with E-state index in [1.165, 1.54) is 4.88 Å². The highest BCUT2D eigenvalue weighted by atomic mass is 35.5. The molecule has 2 N–H and O–H groups in total. The number of aryl methyl sites for hydroxylation is 1. The number of nitrogens with zero attached hydrogens (tertiary/aromatic N) is 4. The van der Waals surface area contributed by atoms with Crippen LogP contribution in [0.4, 0.5) is 5.69 Å². The molecule has 3 aromatic rings. The second kappa shape index (κ2) is 7.16. The van der Waals surface area contributed by atoms with Crippen LogP contribution in [0.2, 0.25) is 5.02 Å². The van der Waals surface area contributed by atoms with Crippen molar-refractivity contribution in [3.63, 3.8) is 0 Å². The lowest BCUT2D eigenvalue weighted by Gasteiger charge is -2.32. The third-order valence-corrected chi connectivity index (χ3v) is 7.06. The average molecular weight is 428 g/mol. The van der Waals surface area contributed by atoms with Crippen molar-refractivity contribution in [2.24, 2.45) is 0 Å². The molecule has 0 saturated carbocycles. The van der Waals surface area contributed by atoms with Gasteiger partial charge in [0.05, 0.1) is 16.4 Å². The Morgan fingerprint density at radius 2 is 1.97 bits per heavy atom. The van der Waals surface area contributed by atoms with Crippen LogP contribution in [-0.4, -0.2) is 58.7 Å². The van der Waals surface area contributed by atoms with Crippen LogP contribution in [0.25, 0.3) is 16.9 Å². The summed E-state index contributed by atoms with van der Waals surface area (Å²) in [6, 6.07) is 7.53. The SMILES string of the molecule is CN1CCN(C(=O)c2nn(-c3ccc(N)cc3Cl)c3c2CCc2sccc2-3)CC1. The quantitative estimate of drug-likeness (QED) is 0.637. The van der Waals surface area contributed by atoms with Gasteiger partial charge in [0.1, 0.15) is 0 Å². The van der Waals surface area contributed by atoms with E-state index in [-0.39, 0.29) is 5.91 Å². The minimum Gasteiger partial charge on any atom is -0.399 e. The summed E-state index contributed by atoms with van der Waals surface area (Å²) in [6.07, 6.45) is 1.74. The number of nitrogen functional groups attached to an aromatic ring is 1. The molecule has 6 nitrogen and oxygen atoms in total. The first kappa shape index (κ1) is 18.7. The van der Waals surface area contributed by atoms with Crippen LogP contribution >= 0.6 is 22.9 Å². The van der Waals surface area contributed by atoms with Crippen LogP contribution in [0.15, 0.2) is 29.6 Å². The highest BCUT2D eigenvalue weighted by Gasteiger charge is 2.32. The maximum atomic E-state index is 13.4. The number of amides is 1. The molecule has 1 aliphatic carbocycles. The molecular weight excluding hydrogens is 406 g/mol. The van der Waals surface area contributed by atoms with Gasteiger partial charge in [0.15, 0.2) is 5.69 Å². The Balaban J connectivity index is 1.65. The van der Waals surface area contributed by atoms with Crippen molar-refractivity contribution in [2.75, 3.05) is 39.0 Å². The number of thiophene rings is 1. The number of fused-ring (bicyclic) bond motifs is 3. The summed E-state index contributed by atoms with van der Waals surface area (Å²) >= 11 is 8.27. The second-order valence-corrected chi connectivity index (χ2v) is 9.06. The van der Waals surface area contributed by atoms with E-state index < -0.39 is 0 Å². The normalized spacial score (nSPS) is 16.6. The first-order valence-electron chi connectivity index (χ1n) is 9.75. The number of hydrogen-bond donors (Lipinski definition) is 1. The third-order valence-electron chi connectivity index (χ3n) is 5.78. The predicted molar refractivity (Wildman–Crippen MR) is 117 cm³/mol.